The molecule has 0 bridgehead atoms. The molecule has 1 atom stereocenters. The van der Waals surface area contributed by atoms with E-state index in [0.29, 0.717) is 16.5 Å². The molecule has 3 aromatic carbocycles. The van der Waals surface area contributed by atoms with Crippen LogP contribution in [0.15, 0.2) is 77.7 Å². The second-order valence-electron chi connectivity index (χ2n) is 7.37. The van der Waals surface area contributed by atoms with Gasteiger partial charge in [0.2, 0.25) is 5.91 Å². The van der Waals surface area contributed by atoms with Crippen LogP contribution in [0, 0.1) is 6.92 Å². The molecule has 0 fully saturated rings. The lowest BCUT2D eigenvalue weighted by Crippen LogP contribution is -2.41. The molecule has 0 saturated heterocycles. The molecule has 0 heterocycles. The van der Waals surface area contributed by atoms with Gasteiger partial charge in [-0.2, -0.15) is 0 Å². The normalized spacial score (nSPS) is 12.1. The van der Waals surface area contributed by atoms with Crippen LogP contribution in [0.25, 0.3) is 0 Å². The van der Waals surface area contributed by atoms with Gasteiger partial charge in [-0.25, -0.2) is 8.42 Å². The maximum atomic E-state index is 13.4. The van der Waals surface area contributed by atoms with Gasteiger partial charge in [0.05, 0.1) is 23.7 Å². The molecule has 0 radical (unpaired) electrons. The zero-order valence-corrected chi connectivity index (χ0v) is 19.7. The number of sulfonamides is 1. The number of aryl methyl sites for hydroxylation is 1. The molecule has 0 unspecified atom stereocenters. The first-order chi connectivity index (χ1) is 15.2. The van der Waals surface area contributed by atoms with Crippen molar-refractivity contribution in [2.24, 2.45) is 0 Å². The Morgan fingerprint density at radius 2 is 1.72 bits per heavy atom. The molecule has 0 spiro atoms. The summed E-state index contributed by atoms with van der Waals surface area (Å²) in [6, 6.07) is 19.9. The number of halogens is 1. The quantitative estimate of drug-likeness (QED) is 0.514. The van der Waals surface area contributed by atoms with Crippen molar-refractivity contribution in [3.63, 3.8) is 0 Å². The topological polar surface area (TPSA) is 75.7 Å². The Kier molecular flexibility index (Phi) is 7.43. The fraction of sp³-hybridized carbons (Fsp3) is 0.208. The van der Waals surface area contributed by atoms with E-state index in [2.05, 4.69) is 5.32 Å². The van der Waals surface area contributed by atoms with Crippen LogP contribution in [0.3, 0.4) is 0 Å². The third kappa shape index (κ3) is 5.60. The number of ether oxygens (including phenoxy) is 1. The molecule has 3 rings (SSSR count). The van der Waals surface area contributed by atoms with Crippen molar-refractivity contribution in [2.75, 3.05) is 18.0 Å². The smallest absolute Gasteiger partial charge is 0.264 e. The summed E-state index contributed by atoms with van der Waals surface area (Å²) in [5.74, 6) is 0.271. The predicted molar refractivity (Wildman–Crippen MR) is 127 cm³/mol. The highest BCUT2D eigenvalue weighted by Gasteiger charge is 2.28. The van der Waals surface area contributed by atoms with Crippen LogP contribution >= 0.6 is 11.6 Å². The number of nitrogens with one attached hydrogen (secondary N) is 1. The Hall–Kier alpha value is -3.03. The molecule has 1 amide bonds. The van der Waals surface area contributed by atoms with Crippen molar-refractivity contribution in [1.82, 2.24) is 5.32 Å². The van der Waals surface area contributed by atoms with Crippen molar-refractivity contribution in [3.8, 4) is 5.75 Å². The zero-order valence-electron chi connectivity index (χ0n) is 18.1. The molecular formula is C24H25ClN2O4S. The largest absolute Gasteiger partial charge is 0.497 e. The van der Waals surface area contributed by atoms with E-state index in [9.17, 15) is 13.2 Å². The SMILES string of the molecule is COc1ccc([C@H](C)NC(=O)CN(c2cccc(Cl)c2)S(=O)(=O)c2ccc(C)cc2)cc1. The second kappa shape index (κ2) is 10.1. The van der Waals surface area contributed by atoms with E-state index in [1.807, 2.05) is 26.0 Å². The Balaban J connectivity index is 1.86. The van der Waals surface area contributed by atoms with Crippen molar-refractivity contribution >= 4 is 33.2 Å². The molecule has 168 valence electrons. The maximum absolute atomic E-state index is 13.4. The van der Waals surface area contributed by atoms with E-state index in [1.165, 1.54) is 18.2 Å². The number of carbonyl (C=O) groups excluding carboxylic acids is 1. The molecule has 3 aromatic rings. The van der Waals surface area contributed by atoms with E-state index >= 15 is 0 Å². The molecule has 0 aliphatic rings. The first kappa shape index (κ1) is 23.6. The summed E-state index contributed by atoms with van der Waals surface area (Å²) >= 11 is 6.10. The minimum atomic E-state index is -3.99. The fourth-order valence-electron chi connectivity index (χ4n) is 3.18. The molecule has 0 aromatic heterocycles. The third-order valence-electron chi connectivity index (χ3n) is 4.99. The number of rotatable bonds is 8. The lowest BCUT2D eigenvalue weighted by molar-refractivity contribution is -0.120. The minimum Gasteiger partial charge on any atom is -0.497 e. The fourth-order valence-corrected chi connectivity index (χ4v) is 4.77. The van der Waals surface area contributed by atoms with Crippen LogP contribution in [0.4, 0.5) is 5.69 Å². The molecule has 0 aliphatic heterocycles. The van der Waals surface area contributed by atoms with Gasteiger partial charge >= 0.3 is 0 Å². The van der Waals surface area contributed by atoms with Gasteiger partial charge in [-0.3, -0.25) is 9.10 Å². The highest BCUT2D eigenvalue weighted by Crippen LogP contribution is 2.26. The summed E-state index contributed by atoms with van der Waals surface area (Å²) in [7, 11) is -2.41. The number of benzene rings is 3. The lowest BCUT2D eigenvalue weighted by atomic mass is 10.1. The van der Waals surface area contributed by atoms with E-state index in [0.717, 1.165) is 15.4 Å². The number of anilines is 1. The maximum Gasteiger partial charge on any atom is 0.264 e. The molecule has 8 heteroatoms. The van der Waals surface area contributed by atoms with Crippen molar-refractivity contribution in [1.29, 1.82) is 0 Å². The lowest BCUT2D eigenvalue weighted by Gasteiger charge is -2.25. The van der Waals surface area contributed by atoms with Gasteiger partial charge in [-0.15, -0.1) is 0 Å². The van der Waals surface area contributed by atoms with Gasteiger partial charge in [-0.05, 0) is 61.9 Å². The van der Waals surface area contributed by atoms with Crippen molar-refractivity contribution in [2.45, 2.75) is 24.8 Å². The number of carbonyl (C=O) groups is 1. The number of nitrogens with zero attached hydrogens (tertiary/aromatic N) is 1. The number of hydrogen-bond acceptors (Lipinski definition) is 4. The van der Waals surface area contributed by atoms with Crippen LogP contribution in [0.5, 0.6) is 5.75 Å². The van der Waals surface area contributed by atoms with E-state index in [-0.39, 0.29) is 10.9 Å². The van der Waals surface area contributed by atoms with Crippen molar-refractivity contribution < 1.29 is 17.9 Å². The van der Waals surface area contributed by atoms with Crippen LogP contribution < -0.4 is 14.4 Å². The van der Waals surface area contributed by atoms with E-state index < -0.39 is 22.5 Å². The monoisotopic (exact) mass is 472 g/mol. The van der Waals surface area contributed by atoms with Crippen LogP contribution in [-0.2, 0) is 14.8 Å². The summed E-state index contributed by atoms with van der Waals surface area (Å²) in [5.41, 5.74) is 2.12. The van der Waals surface area contributed by atoms with Gasteiger partial charge in [0.1, 0.15) is 12.3 Å². The molecular weight excluding hydrogens is 448 g/mol. The summed E-state index contributed by atoms with van der Waals surface area (Å²) < 4.78 is 33.0. The highest BCUT2D eigenvalue weighted by atomic mass is 35.5. The van der Waals surface area contributed by atoms with Gasteiger partial charge in [0.15, 0.2) is 0 Å². The summed E-state index contributed by atoms with van der Waals surface area (Å²) in [5, 5.41) is 3.24. The molecule has 6 nitrogen and oxygen atoms in total. The van der Waals surface area contributed by atoms with Crippen LogP contribution in [-0.4, -0.2) is 28.0 Å². The minimum absolute atomic E-state index is 0.0964. The van der Waals surface area contributed by atoms with Gasteiger partial charge in [0.25, 0.3) is 10.0 Å². The van der Waals surface area contributed by atoms with E-state index in [1.54, 1.807) is 49.6 Å². The number of amides is 1. The summed E-state index contributed by atoms with van der Waals surface area (Å²) in [6.45, 7) is 3.31. The molecule has 0 saturated carbocycles. The highest BCUT2D eigenvalue weighted by molar-refractivity contribution is 7.92. The Labute approximate surface area is 193 Å². The first-order valence-electron chi connectivity index (χ1n) is 9.99. The average Bonchev–Trinajstić information content (AvgIpc) is 2.77. The molecule has 1 N–H and O–H groups in total. The first-order valence-corrected chi connectivity index (χ1v) is 11.8. The van der Waals surface area contributed by atoms with Crippen LogP contribution in [0.1, 0.15) is 24.1 Å². The predicted octanol–water partition coefficient (Wildman–Crippen LogP) is 4.73. The summed E-state index contributed by atoms with van der Waals surface area (Å²) in [6.07, 6.45) is 0. The second-order valence-corrected chi connectivity index (χ2v) is 9.67. The Morgan fingerprint density at radius 3 is 2.31 bits per heavy atom. The number of methoxy groups -OCH3 is 1. The average molecular weight is 473 g/mol. The van der Waals surface area contributed by atoms with Crippen LogP contribution in [0.2, 0.25) is 5.02 Å². The Bertz CT molecular complexity index is 1180. The van der Waals surface area contributed by atoms with Gasteiger partial charge in [-0.1, -0.05) is 47.5 Å². The third-order valence-corrected chi connectivity index (χ3v) is 7.01. The summed E-state index contributed by atoms with van der Waals surface area (Å²) in [4.78, 5) is 13.0. The zero-order chi connectivity index (χ0) is 23.3. The molecule has 32 heavy (non-hydrogen) atoms. The van der Waals surface area contributed by atoms with Gasteiger partial charge in [0, 0.05) is 5.02 Å². The standard InChI is InChI=1S/C24H25ClN2O4S/c1-17-7-13-23(14-8-17)32(29,30)27(21-6-4-5-20(25)15-21)16-24(28)26-18(2)19-9-11-22(31-3)12-10-19/h4-15,18H,16H2,1-3H3,(H,26,28)/t18-/m0/s1. The van der Waals surface area contributed by atoms with E-state index in [4.69, 9.17) is 16.3 Å². The molecule has 0 aliphatic carbocycles. The van der Waals surface area contributed by atoms with Crippen molar-refractivity contribution in [3.05, 3.63) is 88.9 Å². The van der Waals surface area contributed by atoms with Gasteiger partial charge < -0.3 is 10.1 Å². The number of hydrogen-bond donors (Lipinski definition) is 1. The Morgan fingerprint density at radius 1 is 1.06 bits per heavy atom.